The third kappa shape index (κ3) is 3.87. The molecule has 51 heavy (non-hydrogen) atoms. The molecular weight excluding hydrogens is 619 g/mol. The lowest BCUT2D eigenvalue weighted by atomic mass is 9.67. The van der Waals surface area contributed by atoms with Crippen LogP contribution in [0.2, 0.25) is 0 Å². The number of furan rings is 1. The lowest BCUT2D eigenvalue weighted by Crippen LogP contribution is -2.28. The number of hydrogen-bond donors (Lipinski definition) is 0. The molecule has 238 valence electrons. The predicted octanol–water partition coefficient (Wildman–Crippen LogP) is 12.7. The van der Waals surface area contributed by atoms with Crippen molar-refractivity contribution in [2.24, 2.45) is 0 Å². The van der Waals surface area contributed by atoms with Gasteiger partial charge in [-0.15, -0.1) is 0 Å². The smallest absolute Gasteiger partial charge is 0.143 e. The number of rotatable bonds is 4. The molecule has 1 aliphatic carbocycles. The summed E-state index contributed by atoms with van der Waals surface area (Å²) >= 11 is 0. The van der Waals surface area contributed by atoms with Crippen LogP contribution < -0.4 is 0 Å². The van der Waals surface area contributed by atoms with Crippen LogP contribution in [0, 0.1) is 0 Å². The highest BCUT2D eigenvalue weighted by Gasteiger charge is 2.47. The first kappa shape index (κ1) is 28.2. The van der Waals surface area contributed by atoms with E-state index in [4.69, 9.17) is 4.42 Å². The number of fused-ring (bicyclic) bond motifs is 10. The number of para-hydroxylation sites is 3. The van der Waals surface area contributed by atoms with Crippen molar-refractivity contribution in [3.05, 3.63) is 210 Å². The summed E-state index contributed by atoms with van der Waals surface area (Å²) in [5.74, 6) is 0. The van der Waals surface area contributed by atoms with Crippen LogP contribution in [0.3, 0.4) is 0 Å². The molecule has 0 fully saturated rings. The Morgan fingerprint density at radius 1 is 0.412 bits per heavy atom. The van der Waals surface area contributed by atoms with Crippen LogP contribution in [-0.2, 0) is 5.41 Å². The Bertz CT molecular complexity index is 2910. The summed E-state index contributed by atoms with van der Waals surface area (Å²) in [7, 11) is 0. The fourth-order valence-corrected chi connectivity index (χ4v) is 8.94. The lowest BCUT2D eigenvalue weighted by molar-refractivity contribution is 0.669. The fraction of sp³-hybridized carbons (Fsp3) is 0.0204. The van der Waals surface area contributed by atoms with E-state index in [1.807, 2.05) is 0 Å². The van der Waals surface area contributed by atoms with Gasteiger partial charge in [0.25, 0.3) is 0 Å². The third-order valence-electron chi connectivity index (χ3n) is 11.1. The molecule has 8 aromatic carbocycles. The van der Waals surface area contributed by atoms with E-state index in [0.717, 1.165) is 21.9 Å². The van der Waals surface area contributed by atoms with E-state index in [9.17, 15) is 0 Å². The van der Waals surface area contributed by atoms with Crippen LogP contribution in [0.1, 0.15) is 22.3 Å². The van der Waals surface area contributed by atoms with Crippen LogP contribution >= 0.6 is 0 Å². The van der Waals surface area contributed by atoms with Gasteiger partial charge in [-0.3, -0.25) is 0 Å². The lowest BCUT2D eigenvalue weighted by Gasteiger charge is -2.33. The van der Waals surface area contributed by atoms with Gasteiger partial charge in [0.2, 0.25) is 0 Å². The molecule has 0 atom stereocenters. The molecule has 0 saturated heterocycles. The molecule has 2 heterocycles. The standard InChI is InChI=1S/C49H31NO/c1-4-14-34(15-5-1)49(35-16-6-2-7-17-35)42-27-24-32(31-41(42)47-43(49)28-26-39-38-21-11-13-23-46(38)51-48(39)47)33-25-29-45-40(30-33)37-20-10-12-22-44(37)50(45)36-18-8-3-9-19-36/h1-31H. The number of aromatic nitrogens is 1. The first-order chi connectivity index (χ1) is 25.3. The van der Waals surface area contributed by atoms with Gasteiger partial charge in [-0.05, 0) is 81.4 Å². The number of hydrogen-bond acceptors (Lipinski definition) is 1. The fourth-order valence-electron chi connectivity index (χ4n) is 8.94. The van der Waals surface area contributed by atoms with Crippen LogP contribution in [0.25, 0.3) is 71.7 Å². The van der Waals surface area contributed by atoms with Gasteiger partial charge < -0.3 is 8.98 Å². The van der Waals surface area contributed by atoms with Crippen LogP contribution in [0.15, 0.2) is 192 Å². The zero-order valence-electron chi connectivity index (χ0n) is 27.8. The summed E-state index contributed by atoms with van der Waals surface area (Å²) in [5, 5.41) is 4.79. The van der Waals surface area contributed by atoms with Crippen LogP contribution in [-0.4, -0.2) is 4.57 Å². The molecule has 0 spiro atoms. The number of benzene rings is 8. The van der Waals surface area contributed by atoms with E-state index in [1.165, 1.54) is 72.0 Å². The van der Waals surface area contributed by atoms with E-state index in [-0.39, 0.29) is 0 Å². The van der Waals surface area contributed by atoms with E-state index >= 15 is 0 Å². The quantitative estimate of drug-likeness (QED) is 0.186. The van der Waals surface area contributed by atoms with Crippen molar-refractivity contribution in [1.82, 2.24) is 4.57 Å². The number of nitrogens with zero attached hydrogens (tertiary/aromatic N) is 1. The highest BCUT2D eigenvalue weighted by molar-refractivity contribution is 6.13. The largest absolute Gasteiger partial charge is 0.455 e. The second-order valence-corrected chi connectivity index (χ2v) is 13.6. The topological polar surface area (TPSA) is 18.1 Å². The van der Waals surface area contributed by atoms with E-state index < -0.39 is 5.41 Å². The summed E-state index contributed by atoms with van der Waals surface area (Å²) in [5.41, 5.74) is 14.7. The Morgan fingerprint density at radius 3 is 1.76 bits per heavy atom. The highest BCUT2D eigenvalue weighted by Crippen LogP contribution is 2.59. The van der Waals surface area contributed by atoms with E-state index in [0.29, 0.717) is 0 Å². The minimum absolute atomic E-state index is 0.508. The molecule has 0 saturated carbocycles. The minimum Gasteiger partial charge on any atom is -0.455 e. The van der Waals surface area contributed by atoms with Gasteiger partial charge in [0.1, 0.15) is 11.2 Å². The zero-order chi connectivity index (χ0) is 33.5. The van der Waals surface area contributed by atoms with Crippen molar-refractivity contribution >= 4 is 43.7 Å². The summed E-state index contributed by atoms with van der Waals surface area (Å²) < 4.78 is 9.19. The summed E-state index contributed by atoms with van der Waals surface area (Å²) in [6.07, 6.45) is 0. The normalized spacial score (nSPS) is 13.3. The molecule has 0 radical (unpaired) electrons. The minimum atomic E-state index is -0.508. The SMILES string of the molecule is c1ccc(-n2c3ccccc3c3cc(-c4ccc5c(c4)-c4c(ccc6c4oc4ccccc46)C5(c4ccccc4)c4ccccc4)ccc32)cc1. The van der Waals surface area contributed by atoms with Crippen molar-refractivity contribution < 1.29 is 4.42 Å². The molecule has 0 aliphatic heterocycles. The summed E-state index contributed by atoms with van der Waals surface area (Å²) in [6, 6.07) is 68.4. The van der Waals surface area contributed by atoms with Crippen LogP contribution in [0.4, 0.5) is 0 Å². The molecule has 2 nitrogen and oxygen atoms in total. The Hall–Kier alpha value is -6.64. The second-order valence-electron chi connectivity index (χ2n) is 13.6. The van der Waals surface area contributed by atoms with Crippen LogP contribution in [0.5, 0.6) is 0 Å². The van der Waals surface area contributed by atoms with Gasteiger partial charge in [0.05, 0.1) is 16.4 Å². The summed E-state index contributed by atoms with van der Waals surface area (Å²) in [6.45, 7) is 0. The van der Waals surface area contributed by atoms with Crippen molar-refractivity contribution in [2.75, 3.05) is 0 Å². The molecule has 2 heteroatoms. The molecular formula is C49H31NO. The van der Waals surface area contributed by atoms with Gasteiger partial charge >= 0.3 is 0 Å². The van der Waals surface area contributed by atoms with Gasteiger partial charge in [0, 0.05) is 32.8 Å². The second kappa shape index (κ2) is 10.7. The Labute approximate surface area is 295 Å². The molecule has 0 unspecified atom stereocenters. The first-order valence-corrected chi connectivity index (χ1v) is 17.6. The maximum absolute atomic E-state index is 6.81. The predicted molar refractivity (Wildman–Crippen MR) is 211 cm³/mol. The van der Waals surface area contributed by atoms with Gasteiger partial charge in [-0.2, -0.15) is 0 Å². The molecule has 0 bridgehead atoms. The van der Waals surface area contributed by atoms with Crippen molar-refractivity contribution in [3.8, 4) is 27.9 Å². The Kier molecular flexibility index (Phi) is 5.91. The Morgan fingerprint density at radius 2 is 1.00 bits per heavy atom. The molecule has 2 aromatic heterocycles. The monoisotopic (exact) mass is 649 g/mol. The molecule has 0 N–H and O–H groups in total. The molecule has 11 rings (SSSR count). The summed E-state index contributed by atoms with van der Waals surface area (Å²) in [4.78, 5) is 0. The van der Waals surface area contributed by atoms with Crippen molar-refractivity contribution in [3.63, 3.8) is 0 Å². The maximum Gasteiger partial charge on any atom is 0.143 e. The Balaban J connectivity index is 1.21. The maximum atomic E-state index is 6.81. The average molecular weight is 650 g/mol. The molecule has 1 aliphatic rings. The van der Waals surface area contributed by atoms with Gasteiger partial charge in [-0.25, -0.2) is 0 Å². The van der Waals surface area contributed by atoms with E-state index in [2.05, 4.69) is 193 Å². The van der Waals surface area contributed by atoms with Gasteiger partial charge in [0.15, 0.2) is 0 Å². The third-order valence-corrected chi connectivity index (χ3v) is 11.1. The van der Waals surface area contributed by atoms with Crippen molar-refractivity contribution in [2.45, 2.75) is 5.41 Å². The van der Waals surface area contributed by atoms with Gasteiger partial charge in [-0.1, -0.05) is 146 Å². The molecule has 10 aromatic rings. The molecule has 0 amide bonds. The van der Waals surface area contributed by atoms with Crippen molar-refractivity contribution in [1.29, 1.82) is 0 Å². The highest BCUT2D eigenvalue weighted by atomic mass is 16.3. The zero-order valence-corrected chi connectivity index (χ0v) is 27.8. The first-order valence-electron chi connectivity index (χ1n) is 17.6. The van der Waals surface area contributed by atoms with E-state index in [1.54, 1.807) is 0 Å². The average Bonchev–Trinajstić information content (AvgIpc) is 3.85.